The van der Waals surface area contributed by atoms with Crippen molar-refractivity contribution in [2.75, 3.05) is 19.8 Å². The van der Waals surface area contributed by atoms with Crippen molar-refractivity contribution in [1.29, 1.82) is 0 Å². The quantitative estimate of drug-likeness (QED) is 0.465. The highest BCUT2D eigenvalue weighted by molar-refractivity contribution is 6.30. The first-order valence-electron chi connectivity index (χ1n) is 8.80. The molecular formula is C20H23ClN2O5. The highest BCUT2D eigenvalue weighted by Crippen LogP contribution is 2.20. The van der Waals surface area contributed by atoms with Gasteiger partial charge in [0.1, 0.15) is 24.7 Å². The third-order valence-corrected chi connectivity index (χ3v) is 3.96. The number of amides is 2. The number of hydrogen-bond donors (Lipinski definition) is 2. The van der Waals surface area contributed by atoms with Gasteiger partial charge in [-0.05, 0) is 48.9 Å². The zero-order chi connectivity index (χ0) is 20.4. The Morgan fingerprint density at radius 2 is 1.61 bits per heavy atom. The summed E-state index contributed by atoms with van der Waals surface area (Å²) in [5.74, 6) is 0.925. The van der Waals surface area contributed by atoms with Crippen LogP contribution >= 0.6 is 11.6 Å². The first-order chi connectivity index (χ1) is 13.5. The summed E-state index contributed by atoms with van der Waals surface area (Å²) in [6, 6.07) is 12.6. The van der Waals surface area contributed by atoms with Crippen LogP contribution in [0.5, 0.6) is 11.5 Å². The molecule has 0 aliphatic heterocycles. The molecule has 0 aromatic heterocycles. The van der Waals surface area contributed by atoms with Crippen LogP contribution in [0.3, 0.4) is 0 Å². The molecule has 0 bridgehead atoms. The molecule has 0 aliphatic carbocycles. The fourth-order valence-electron chi connectivity index (χ4n) is 2.46. The first kappa shape index (κ1) is 21.4. The number of carbonyl (C=O) groups excluding carboxylic acids is 2. The van der Waals surface area contributed by atoms with Crippen LogP contribution in [0.15, 0.2) is 48.5 Å². The molecule has 0 saturated carbocycles. The van der Waals surface area contributed by atoms with E-state index < -0.39 is 18.0 Å². The molecule has 0 radical (unpaired) electrons. The molecule has 2 aromatic carbocycles. The van der Waals surface area contributed by atoms with Crippen molar-refractivity contribution >= 4 is 23.6 Å². The third kappa shape index (κ3) is 7.36. The van der Waals surface area contributed by atoms with Gasteiger partial charge in [-0.1, -0.05) is 23.7 Å². The molecule has 8 heteroatoms. The van der Waals surface area contributed by atoms with Crippen LogP contribution in [0.4, 0.5) is 4.79 Å². The predicted molar refractivity (Wildman–Crippen MR) is 106 cm³/mol. The maximum atomic E-state index is 12.1. The Kier molecular flexibility index (Phi) is 8.42. The van der Waals surface area contributed by atoms with Crippen molar-refractivity contribution in [2.24, 2.45) is 5.73 Å². The molecule has 1 atom stereocenters. The first-order valence-corrected chi connectivity index (χ1v) is 9.18. The molecule has 2 amide bonds. The average Bonchev–Trinajstić information content (AvgIpc) is 2.66. The van der Waals surface area contributed by atoms with Crippen LogP contribution < -0.4 is 20.5 Å². The van der Waals surface area contributed by atoms with E-state index in [9.17, 15) is 9.59 Å². The maximum Gasteiger partial charge on any atom is 0.312 e. The summed E-state index contributed by atoms with van der Waals surface area (Å²) in [7, 11) is 0. The molecule has 0 saturated heterocycles. The molecule has 0 spiro atoms. The van der Waals surface area contributed by atoms with Crippen molar-refractivity contribution in [3.05, 3.63) is 59.1 Å². The van der Waals surface area contributed by atoms with Crippen LogP contribution in [0, 0.1) is 0 Å². The van der Waals surface area contributed by atoms with Crippen molar-refractivity contribution < 1.29 is 23.8 Å². The smallest absolute Gasteiger partial charge is 0.312 e. The Morgan fingerprint density at radius 3 is 2.18 bits per heavy atom. The minimum atomic E-state index is -0.730. The lowest BCUT2D eigenvalue weighted by Crippen LogP contribution is -2.34. The molecule has 0 fully saturated rings. The van der Waals surface area contributed by atoms with E-state index in [2.05, 4.69) is 5.32 Å². The molecule has 3 N–H and O–H groups in total. The summed E-state index contributed by atoms with van der Waals surface area (Å²) >= 11 is 5.86. The number of carbonyl (C=O) groups is 2. The molecule has 7 nitrogen and oxygen atoms in total. The normalized spacial score (nSPS) is 11.4. The van der Waals surface area contributed by atoms with Gasteiger partial charge in [-0.25, -0.2) is 4.79 Å². The Balaban J connectivity index is 1.78. The molecular weight excluding hydrogens is 384 g/mol. The van der Waals surface area contributed by atoms with Crippen LogP contribution in [0.2, 0.25) is 5.02 Å². The van der Waals surface area contributed by atoms with Crippen molar-refractivity contribution in [3.63, 3.8) is 0 Å². The summed E-state index contributed by atoms with van der Waals surface area (Å²) in [6.07, 6.45) is -0.0619. The van der Waals surface area contributed by atoms with Gasteiger partial charge in [0, 0.05) is 5.02 Å². The van der Waals surface area contributed by atoms with E-state index in [-0.39, 0.29) is 19.6 Å². The molecule has 2 aromatic rings. The highest BCUT2D eigenvalue weighted by atomic mass is 35.5. The fraction of sp³-hybridized carbons (Fsp3) is 0.300. The van der Waals surface area contributed by atoms with Gasteiger partial charge < -0.3 is 25.3 Å². The van der Waals surface area contributed by atoms with Gasteiger partial charge in [-0.15, -0.1) is 0 Å². The lowest BCUT2D eigenvalue weighted by atomic mass is 10.0. The van der Waals surface area contributed by atoms with Gasteiger partial charge in [0.2, 0.25) is 0 Å². The Hall–Kier alpha value is -2.93. The molecule has 0 unspecified atom stereocenters. The molecule has 0 heterocycles. The number of urea groups is 1. The van der Waals surface area contributed by atoms with E-state index in [0.29, 0.717) is 22.9 Å². The number of esters is 1. The lowest BCUT2D eigenvalue weighted by Gasteiger charge is -2.17. The van der Waals surface area contributed by atoms with Crippen LogP contribution in [0.1, 0.15) is 24.9 Å². The van der Waals surface area contributed by atoms with E-state index in [1.54, 1.807) is 48.5 Å². The number of nitrogens with one attached hydrogen (secondary N) is 1. The van der Waals surface area contributed by atoms with Crippen LogP contribution in [0.25, 0.3) is 0 Å². The van der Waals surface area contributed by atoms with Gasteiger partial charge >= 0.3 is 12.0 Å². The fourth-order valence-corrected chi connectivity index (χ4v) is 2.58. The molecule has 150 valence electrons. The second-order valence-electron chi connectivity index (χ2n) is 5.79. The van der Waals surface area contributed by atoms with Gasteiger partial charge in [0.15, 0.2) is 0 Å². The van der Waals surface area contributed by atoms with E-state index in [0.717, 1.165) is 5.75 Å². The Bertz CT molecular complexity index is 765. The number of hydrogen-bond acceptors (Lipinski definition) is 5. The monoisotopic (exact) mass is 406 g/mol. The third-order valence-electron chi connectivity index (χ3n) is 3.71. The minimum Gasteiger partial charge on any atom is -0.494 e. The predicted octanol–water partition coefficient (Wildman–Crippen LogP) is 3.46. The number of primary amides is 1. The summed E-state index contributed by atoms with van der Waals surface area (Å²) in [5, 5.41) is 3.08. The summed E-state index contributed by atoms with van der Waals surface area (Å²) < 4.78 is 16.1. The highest BCUT2D eigenvalue weighted by Gasteiger charge is 2.18. The van der Waals surface area contributed by atoms with Gasteiger partial charge in [0.05, 0.1) is 19.1 Å². The van der Waals surface area contributed by atoms with Gasteiger partial charge in [0.25, 0.3) is 0 Å². The average molecular weight is 407 g/mol. The number of benzene rings is 2. The lowest BCUT2D eigenvalue weighted by molar-refractivity contribution is -0.144. The Labute approximate surface area is 168 Å². The standard InChI is InChI=1S/C20H23ClN2O5/c1-2-26-16-7-9-17(10-8-16)27-11-12-28-19(24)13-18(23-20(22)25)14-3-5-15(21)6-4-14/h3-10,18H,2,11-13H2,1H3,(H3,22,23,25)/t18-/m0/s1. The number of ether oxygens (including phenoxy) is 3. The van der Waals surface area contributed by atoms with Crippen molar-refractivity contribution in [1.82, 2.24) is 5.32 Å². The molecule has 28 heavy (non-hydrogen) atoms. The number of halogens is 1. The summed E-state index contributed by atoms with van der Waals surface area (Å²) in [4.78, 5) is 23.3. The van der Waals surface area contributed by atoms with Crippen LogP contribution in [-0.4, -0.2) is 31.8 Å². The van der Waals surface area contributed by atoms with Gasteiger partial charge in [-0.2, -0.15) is 0 Å². The second kappa shape index (κ2) is 11.0. The van der Waals surface area contributed by atoms with Crippen molar-refractivity contribution in [2.45, 2.75) is 19.4 Å². The number of nitrogens with two attached hydrogens (primary N) is 1. The topological polar surface area (TPSA) is 99.9 Å². The summed E-state index contributed by atoms with van der Waals surface area (Å²) in [5.41, 5.74) is 5.89. The van der Waals surface area contributed by atoms with Gasteiger partial charge in [-0.3, -0.25) is 4.79 Å². The Morgan fingerprint density at radius 1 is 1.00 bits per heavy atom. The maximum absolute atomic E-state index is 12.1. The SMILES string of the molecule is CCOc1ccc(OCCOC(=O)C[C@H](NC(N)=O)c2ccc(Cl)cc2)cc1. The summed E-state index contributed by atoms with van der Waals surface area (Å²) in [6.45, 7) is 2.79. The van der Waals surface area contributed by atoms with Crippen molar-refractivity contribution in [3.8, 4) is 11.5 Å². The van der Waals surface area contributed by atoms with E-state index in [1.165, 1.54) is 0 Å². The molecule has 2 rings (SSSR count). The van der Waals surface area contributed by atoms with Crippen LogP contribution in [-0.2, 0) is 9.53 Å². The minimum absolute atomic E-state index is 0.0619. The van der Waals surface area contributed by atoms with E-state index in [4.69, 9.17) is 31.5 Å². The zero-order valence-corrected chi connectivity index (χ0v) is 16.3. The largest absolute Gasteiger partial charge is 0.494 e. The van der Waals surface area contributed by atoms with E-state index in [1.807, 2.05) is 6.92 Å². The van der Waals surface area contributed by atoms with E-state index >= 15 is 0 Å². The second-order valence-corrected chi connectivity index (χ2v) is 6.23. The number of rotatable bonds is 10. The zero-order valence-electron chi connectivity index (χ0n) is 15.5. The molecule has 0 aliphatic rings.